The number of pyridine rings is 1. The van der Waals surface area contributed by atoms with Crippen molar-refractivity contribution < 1.29 is 22.1 Å². The maximum absolute atomic E-state index is 9.83. The Balaban J connectivity index is 0.000000367. The van der Waals surface area contributed by atoms with Crippen LogP contribution in [0.2, 0.25) is 0 Å². The van der Waals surface area contributed by atoms with E-state index in [1.165, 1.54) is 0 Å². The fourth-order valence-electron chi connectivity index (χ4n) is 1.90. The van der Waals surface area contributed by atoms with E-state index in [-0.39, 0.29) is 5.75 Å². The molecule has 1 aromatic heterocycles. The third-order valence-electron chi connectivity index (χ3n) is 2.59. The fraction of sp³-hybridized carbons (Fsp3) is 0. The standard InChI is InChI=1S/C13H9NO.2ClH.Ti/c15-11-5-1-3-9-6-7-10-4-2-8-14-13(10)12(9)11;;;/h1-8,15H;2*1H;/q;;;+2/p-2. The topological polar surface area (TPSA) is 33.1 Å². The number of phenols is 1. The van der Waals surface area contributed by atoms with Crippen LogP contribution in [0.3, 0.4) is 0 Å². The first-order valence-corrected chi connectivity index (χ1v) is 9.49. The summed E-state index contributed by atoms with van der Waals surface area (Å²) in [6.07, 6.45) is 1.74. The summed E-state index contributed by atoms with van der Waals surface area (Å²) in [7, 11) is 9.78. The Morgan fingerprint density at radius 2 is 1.61 bits per heavy atom. The predicted octanol–water partition coefficient (Wildman–Crippen LogP) is 4.47. The average molecular weight is 314 g/mol. The van der Waals surface area contributed by atoms with Crippen molar-refractivity contribution in [1.29, 1.82) is 0 Å². The second-order valence-electron chi connectivity index (χ2n) is 3.59. The van der Waals surface area contributed by atoms with E-state index in [0.29, 0.717) is 0 Å². The van der Waals surface area contributed by atoms with Crippen molar-refractivity contribution in [3.05, 3.63) is 48.7 Å². The van der Waals surface area contributed by atoms with Crippen LogP contribution in [0.5, 0.6) is 5.75 Å². The molecule has 1 heterocycles. The van der Waals surface area contributed by atoms with Crippen molar-refractivity contribution in [2.45, 2.75) is 0 Å². The van der Waals surface area contributed by atoms with Crippen LogP contribution < -0.4 is 0 Å². The van der Waals surface area contributed by atoms with Crippen LogP contribution in [0.4, 0.5) is 0 Å². The Morgan fingerprint density at radius 3 is 2.39 bits per heavy atom. The van der Waals surface area contributed by atoms with E-state index in [1.54, 1.807) is 12.3 Å². The second kappa shape index (κ2) is 6.39. The first-order chi connectivity index (χ1) is 8.77. The van der Waals surface area contributed by atoms with E-state index in [4.69, 9.17) is 18.6 Å². The number of hydrogen-bond acceptors (Lipinski definition) is 2. The van der Waals surface area contributed by atoms with Gasteiger partial charge in [0.15, 0.2) is 0 Å². The minimum absolute atomic E-state index is 0.289. The molecule has 0 unspecified atom stereocenters. The summed E-state index contributed by atoms with van der Waals surface area (Å²) >= 11 is -0.556. The minimum atomic E-state index is -0.556. The number of aromatic nitrogens is 1. The molecule has 3 aromatic rings. The fourth-order valence-corrected chi connectivity index (χ4v) is 1.90. The summed E-state index contributed by atoms with van der Waals surface area (Å²) in [6.45, 7) is 0. The van der Waals surface area contributed by atoms with Gasteiger partial charge in [0.1, 0.15) is 5.75 Å². The van der Waals surface area contributed by atoms with Crippen LogP contribution in [0, 0.1) is 0 Å². The monoisotopic (exact) mass is 313 g/mol. The van der Waals surface area contributed by atoms with Gasteiger partial charge in [0.25, 0.3) is 0 Å². The quantitative estimate of drug-likeness (QED) is 0.490. The van der Waals surface area contributed by atoms with E-state index in [9.17, 15) is 5.11 Å². The van der Waals surface area contributed by atoms with Gasteiger partial charge in [-0.05, 0) is 17.5 Å². The zero-order valence-electron chi connectivity index (χ0n) is 9.27. The molecule has 90 valence electrons. The van der Waals surface area contributed by atoms with Crippen LogP contribution in [0.15, 0.2) is 48.7 Å². The zero-order chi connectivity index (χ0) is 13.0. The van der Waals surface area contributed by atoms with Gasteiger partial charge in [0, 0.05) is 17.0 Å². The van der Waals surface area contributed by atoms with Crippen LogP contribution in [0.25, 0.3) is 21.7 Å². The number of halogens is 2. The number of rotatable bonds is 0. The number of hydrogen-bond donors (Lipinski definition) is 1. The molecule has 0 aliphatic heterocycles. The summed E-state index contributed by atoms with van der Waals surface area (Å²) in [5.41, 5.74) is 0.855. The van der Waals surface area contributed by atoms with Gasteiger partial charge in [-0.3, -0.25) is 4.98 Å². The van der Waals surface area contributed by atoms with Crippen LogP contribution in [-0.2, 0) is 17.0 Å². The molecule has 18 heavy (non-hydrogen) atoms. The van der Waals surface area contributed by atoms with Crippen molar-refractivity contribution in [2.24, 2.45) is 0 Å². The van der Waals surface area contributed by atoms with E-state index in [2.05, 4.69) is 4.98 Å². The van der Waals surface area contributed by atoms with Gasteiger partial charge in [-0.2, -0.15) is 0 Å². The van der Waals surface area contributed by atoms with Gasteiger partial charge in [-0.1, -0.05) is 30.3 Å². The molecule has 1 N–H and O–H groups in total. The summed E-state index contributed by atoms with van der Waals surface area (Å²) in [6, 6.07) is 13.4. The predicted molar refractivity (Wildman–Crippen MR) is 72.6 cm³/mol. The first-order valence-electron chi connectivity index (χ1n) is 5.19. The number of phenolic OH excluding ortho intramolecular Hbond substituents is 1. The zero-order valence-corrected chi connectivity index (χ0v) is 12.3. The Morgan fingerprint density at radius 1 is 0.944 bits per heavy atom. The molecule has 0 saturated carbocycles. The molecule has 0 saturated heterocycles. The molecular formula is C13H9Cl2NOTi. The van der Waals surface area contributed by atoms with Gasteiger partial charge in [0.05, 0.1) is 5.52 Å². The summed E-state index contributed by atoms with van der Waals surface area (Å²) < 4.78 is 0. The second-order valence-corrected chi connectivity index (χ2v) is 6.17. The average Bonchev–Trinajstić information content (AvgIpc) is 2.39. The van der Waals surface area contributed by atoms with Crippen molar-refractivity contribution >= 4 is 40.3 Å². The third kappa shape index (κ3) is 2.78. The van der Waals surface area contributed by atoms with Crippen LogP contribution >= 0.6 is 18.6 Å². The van der Waals surface area contributed by atoms with E-state index < -0.39 is 17.0 Å². The van der Waals surface area contributed by atoms with Gasteiger partial charge in [0.2, 0.25) is 0 Å². The summed E-state index contributed by atoms with van der Waals surface area (Å²) in [5, 5.41) is 12.7. The number of benzene rings is 2. The van der Waals surface area contributed by atoms with Gasteiger partial charge < -0.3 is 5.11 Å². The molecule has 0 radical (unpaired) electrons. The Bertz CT molecular complexity index is 675. The molecule has 5 heteroatoms. The van der Waals surface area contributed by atoms with Gasteiger partial charge in [-0.15, -0.1) is 0 Å². The number of aromatic hydroxyl groups is 1. The van der Waals surface area contributed by atoms with E-state index in [0.717, 1.165) is 21.7 Å². The molecule has 0 aliphatic rings. The molecule has 2 aromatic carbocycles. The molecule has 0 amide bonds. The molecule has 3 rings (SSSR count). The summed E-state index contributed by atoms with van der Waals surface area (Å²) in [4.78, 5) is 4.31. The summed E-state index contributed by atoms with van der Waals surface area (Å²) in [5.74, 6) is 0.289. The number of fused-ring (bicyclic) bond motifs is 3. The van der Waals surface area contributed by atoms with Crippen molar-refractivity contribution in [2.75, 3.05) is 0 Å². The Hall–Kier alpha value is -0.796. The van der Waals surface area contributed by atoms with Crippen molar-refractivity contribution in [1.82, 2.24) is 4.98 Å². The Labute approximate surface area is 121 Å². The van der Waals surface area contributed by atoms with Crippen molar-refractivity contribution in [3.8, 4) is 5.75 Å². The maximum atomic E-state index is 9.83. The van der Waals surface area contributed by atoms with Gasteiger partial charge in [-0.25, -0.2) is 0 Å². The van der Waals surface area contributed by atoms with Crippen LogP contribution in [-0.4, -0.2) is 10.1 Å². The molecule has 2 nitrogen and oxygen atoms in total. The number of nitrogens with zero attached hydrogens (tertiary/aromatic N) is 1. The molecular weight excluding hydrogens is 305 g/mol. The van der Waals surface area contributed by atoms with E-state index in [1.807, 2.05) is 36.4 Å². The van der Waals surface area contributed by atoms with Gasteiger partial charge >= 0.3 is 35.6 Å². The Kier molecular flexibility index (Phi) is 4.84. The van der Waals surface area contributed by atoms with E-state index >= 15 is 0 Å². The first kappa shape index (κ1) is 13.6. The molecule has 0 fully saturated rings. The molecule has 0 atom stereocenters. The molecule has 0 aliphatic carbocycles. The third-order valence-corrected chi connectivity index (χ3v) is 2.59. The molecule has 0 spiro atoms. The van der Waals surface area contributed by atoms with Crippen molar-refractivity contribution in [3.63, 3.8) is 0 Å². The SMILES string of the molecule is Oc1cccc2ccc3cccnc3c12.[Cl][Ti][Cl]. The normalized spacial score (nSPS) is 9.89. The van der Waals surface area contributed by atoms with Crippen LogP contribution in [0.1, 0.15) is 0 Å². The molecule has 0 bridgehead atoms.